The van der Waals surface area contributed by atoms with Gasteiger partial charge in [0.25, 0.3) is 5.91 Å². The van der Waals surface area contributed by atoms with Gasteiger partial charge in [0.2, 0.25) is 23.6 Å². The van der Waals surface area contributed by atoms with E-state index in [1.54, 1.807) is 19.3 Å². The third-order valence-electron chi connectivity index (χ3n) is 10.3. The van der Waals surface area contributed by atoms with E-state index in [1.807, 2.05) is 50.3 Å². The number of allylic oxidation sites excluding steroid dienone is 3. The van der Waals surface area contributed by atoms with Crippen molar-refractivity contribution in [3.05, 3.63) is 71.5 Å². The number of benzene rings is 1. The van der Waals surface area contributed by atoms with E-state index in [0.29, 0.717) is 6.42 Å². The molecule has 0 aliphatic carbocycles. The molecule has 0 saturated carbocycles. The lowest BCUT2D eigenvalue weighted by Crippen LogP contribution is -2.56. The molecule has 330 valence electrons. The molecule has 2 rings (SSSR count). The van der Waals surface area contributed by atoms with Crippen molar-refractivity contribution in [2.75, 3.05) is 27.8 Å². The lowest BCUT2D eigenvalue weighted by atomic mass is 9.94. The highest BCUT2D eigenvalue weighted by molar-refractivity contribution is 6.00. The number of methoxy groups -OCH3 is 2. The number of likely N-dealkylation sites (N-methyl/N-ethyl adjacent to an activating group) is 1. The number of aliphatic carboxylic acids is 1. The third-order valence-corrected chi connectivity index (χ3v) is 10.3. The van der Waals surface area contributed by atoms with E-state index >= 15 is 0 Å². The summed E-state index contributed by atoms with van der Waals surface area (Å²) in [5.74, 6) is -8.99. The van der Waals surface area contributed by atoms with Gasteiger partial charge in [0.1, 0.15) is 23.8 Å². The number of nitrogens with one attached hydrogen (secondary N) is 4. The molecule has 18 nitrogen and oxygen atoms in total. The highest BCUT2D eigenvalue weighted by atomic mass is 16.5. The molecule has 0 bridgehead atoms. The standard InChI is InChI=1S/C42H62N8O10/c1-9-32-39(55)49-35(40(56)57)27(5)37(53)47-30(16-13-21-45-42(43)44)38(54)46-29(26(4)36(52)48-31(41(58)60-8)19-20-34(51)50(32)6)18-17-24(2)22-25(3)33(59-7)23-28-14-11-10-12-15-28/h9-12,14-15,17-18,22,25-27,29-31,33,35H,13,16,19-21,23H2,1-8H3,(H,46,54)(H,47,53)(H,48,52)(H,49,55)(H,56,57)(H4,43,44,45)/b18-17+,24-22+,32-9-/t25-,26-,27-,29-,30-,31+,33-,35+/m0/s1. The van der Waals surface area contributed by atoms with Gasteiger partial charge < -0.3 is 52.2 Å². The number of rotatable bonds is 13. The Balaban J connectivity index is 2.66. The zero-order chi connectivity index (χ0) is 45.1. The second-order valence-electron chi connectivity index (χ2n) is 14.8. The Kier molecular flexibility index (Phi) is 20.7. The molecule has 1 saturated heterocycles. The highest BCUT2D eigenvalue weighted by Gasteiger charge is 2.37. The van der Waals surface area contributed by atoms with Crippen molar-refractivity contribution in [2.45, 2.75) is 97.0 Å². The average Bonchev–Trinajstić information content (AvgIpc) is 3.21. The number of hydrogen-bond acceptors (Lipinski definition) is 10. The number of aliphatic imine (C=N–C) groups is 1. The predicted octanol–water partition coefficient (Wildman–Crippen LogP) is 1.06. The number of carboxylic acids is 1. The van der Waals surface area contributed by atoms with Crippen LogP contribution in [0.5, 0.6) is 0 Å². The summed E-state index contributed by atoms with van der Waals surface area (Å²) in [7, 11) is 4.05. The van der Waals surface area contributed by atoms with E-state index in [1.165, 1.54) is 33.9 Å². The van der Waals surface area contributed by atoms with E-state index in [-0.39, 0.29) is 55.9 Å². The number of carboxylic acid groups (broad SMARTS) is 1. The van der Waals surface area contributed by atoms with E-state index in [4.69, 9.17) is 20.9 Å². The van der Waals surface area contributed by atoms with Gasteiger partial charge in [-0.1, -0.05) is 81.0 Å². The Morgan fingerprint density at radius 3 is 2.22 bits per heavy atom. The summed E-state index contributed by atoms with van der Waals surface area (Å²) in [5, 5.41) is 20.5. The Bertz CT molecular complexity index is 1790. The number of carbonyl (C=O) groups is 7. The molecule has 8 atom stereocenters. The summed E-state index contributed by atoms with van der Waals surface area (Å²) in [6.45, 7) is 8.21. The maximum Gasteiger partial charge on any atom is 0.328 e. The monoisotopic (exact) mass is 838 g/mol. The van der Waals surface area contributed by atoms with Gasteiger partial charge in [0.05, 0.1) is 31.1 Å². The Morgan fingerprint density at radius 2 is 1.63 bits per heavy atom. The van der Waals surface area contributed by atoms with Crippen LogP contribution in [0.1, 0.15) is 65.9 Å². The smallest absolute Gasteiger partial charge is 0.328 e. The molecule has 0 spiro atoms. The second-order valence-corrected chi connectivity index (χ2v) is 14.8. The molecule has 18 heteroatoms. The largest absolute Gasteiger partial charge is 0.480 e. The average molecular weight is 839 g/mol. The SMILES string of the molecule is C/C=C1/C(=O)N[C@@H](C(=O)O)[C@H](C)C(=O)N[C@@H](CCCN=C(N)N)C(=O)N[C@@H](/C=C/C(C)=C/[C@H](C)[C@H](Cc2ccccc2)OC)[C@H](C)C(=O)N[C@@H](C(=O)OC)CCC(=O)N1C. The van der Waals surface area contributed by atoms with Gasteiger partial charge in [-0.25, -0.2) is 9.59 Å². The minimum atomic E-state index is -1.79. The maximum absolute atomic E-state index is 14.1. The van der Waals surface area contributed by atoms with Crippen LogP contribution in [0.2, 0.25) is 0 Å². The zero-order valence-corrected chi connectivity index (χ0v) is 35.7. The van der Waals surface area contributed by atoms with Gasteiger partial charge in [-0.3, -0.25) is 29.0 Å². The quantitative estimate of drug-likeness (QED) is 0.0367. The number of hydrogen-bond donors (Lipinski definition) is 7. The van der Waals surface area contributed by atoms with Crippen LogP contribution >= 0.6 is 0 Å². The molecule has 1 aromatic rings. The normalized spacial score (nSPS) is 24.8. The van der Waals surface area contributed by atoms with Gasteiger partial charge in [-0.05, 0) is 45.1 Å². The first-order valence-corrected chi connectivity index (χ1v) is 19.8. The third kappa shape index (κ3) is 15.6. The Morgan fingerprint density at radius 1 is 0.983 bits per heavy atom. The fourth-order valence-corrected chi connectivity index (χ4v) is 6.51. The molecule has 60 heavy (non-hydrogen) atoms. The van der Waals surface area contributed by atoms with Crippen molar-refractivity contribution in [2.24, 2.45) is 34.2 Å². The van der Waals surface area contributed by atoms with Crippen molar-refractivity contribution in [1.82, 2.24) is 26.2 Å². The van der Waals surface area contributed by atoms with Crippen LogP contribution in [0.25, 0.3) is 0 Å². The number of carbonyl (C=O) groups excluding carboxylic acids is 6. The maximum atomic E-state index is 14.1. The lowest BCUT2D eigenvalue weighted by Gasteiger charge is -2.28. The molecule has 0 aromatic heterocycles. The summed E-state index contributed by atoms with van der Waals surface area (Å²) in [4.78, 5) is 98.7. The first-order valence-electron chi connectivity index (χ1n) is 19.8. The fraction of sp³-hybridized carbons (Fsp3) is 0.524. The number of esters is 1. The van der Waals surface area contributed by atoms with Crippen molar-refractivity contribution in [1.29, 1.82) is 0 Å². The summed E-state index contributed by atoms with van der Waals surface area (Å²) in [6, 6.07) is 4.48. The van der Waals surface area contributed by atoms with Crippen LogP contribution in [0.3, 0.4) is 0 Å². The van der Waals surface area contributed by atoms with Crippen LogP contribution in [0, 0.1) is 17.8 Å². The summed E-state index contributed by atoms with van der Waals surface area (Å²) < 4.78 is 10.7. The van der Waals surface area contributed by atoms with Crippen LogP contribution in [0.4, 0.5) is 0 Å². The number of guanidine groups is 1. The van der Waals surface area contributed by atoms with Crippen molar-refractivity contribution >= 4 is 47.4 Å². The fourth-order valence-electron chi connectivity index (χ4n) is 6.51. The summed E-state index contributed by atoms with van der Waals surface area (Å²) in [6.07, 6.45) is 6.75. The topological polar surface area (TPSA) is 274 Å². The van der Waals surface area contributed by atoms with E-state index in [2.05, 4.69) is 26.3 Å². The minimum absolute atomic E-state index is 0.0154. The molecule has 1 heterocycles. The molecule has 1 aliphatic heterocycles. The number of ether oxygens (including phenoxy) is 2. The van der Waals surface area contributed by atoms with E-state index in [0.717, 1.165) is 23.1 Å². The van der Waals surface area contributed by atoms with E-state index < -0.39 is 77.5 Å². The lowest BCUT2D eigenvalue weighted by molar-refractivity contribution is -0.146. The molecule has 1 aliphatic rings. The van der Waals surface area contributed by atoms with Crippen LogP contribution in [0.15, 0.2) is 70.9 Å². The number of nitrogens with two attached hydrogens (primary N) is 2. The van der Waals surface area contributed by atoms with Gasteiger partial charge >= 0.3 is 11.9 Å². The molecule has 0 radical (unpaired) electrons. The summed E-state index contributed by atoms with van der Waals surface area (Å²) in [5.41, 5.74) is 12.6. The van der Waals surface area contributed by atoms with Crippen molar-refractivity contribution in [3.8, 4) is 0 Å². The number of amides is 5. The van der Waals surface area contributed by atoms with E-state index in [9.17, 15) is 38.7 Å². The number of nitrogens with zero attached hydrogens (tertiary/aromatic N) is 2. The summed E-state index contributed by atoms with van der Waals surface area (Å²) >= 11 is 0. The molecular formula is C42H62N8O10. The molecule has 1 fully saturated rings. The predicted molar refractivity (Wildman–Crippen MR) is 224 cm³/mol. The van der Waals surface area contributed by atoms with Crippen molar-refractivity contribution in [3.63, 3.8) is 0 Å². The van der Waals surface area contributed by atoms with Crippen LogP contribution in [-0.2, 0) is 49.5 Å². The molecule has 9 N–H and O–H groups in total. The zero-order valence-electron chi connectivity index (χ0n) is 35.7. The molecule has 1 aromatic carbocycles. The second kappa shape index (κ2) is 24.8. The Hall–Kier alpha value is -6.04. The molecule has 5 amide bonds. The van der Waals surface area contributed by atoms with Gasteiger partial charge in [0.15, 0.2) is 5.96 Å². The first-order chi connectivity index (χ1) is 28.3. The molecule has 0 unspecified atom stereocenters. The van der Waals surface area contributed by atoms with Gasteiger partial charge in [0, 0.05) is 33.0 Å². The van der Waals surface area contributed by atoms with Crippen molar-refractivity contribution < 1.29 is 48.1 Å². The Labute approximate surface area is 351 Å². The minimum Gasteiger partial charge on any atom is -0.480 e. The van der Waals surface area contributed by atoms with Gasteiger partial charge in [-0.2, -0.15) is 0 Å². The first kappa shape index (κ1) is 50.1. The van der Waals surface area contributed by atoms with Crippen LogP contribution < -0.4 is 32.7 Å². The van der Waals surface area contributed by atoms with Crippen LogP contribution in [-0.4, -0.2) is 116 Å². The van der Waals surface area contributed by atoms with Gasteiger partial charge in [-0.15, -0.1) is 0 Å². The molecular weight excluding hydrogens is 777 g/mol. The highest BCUT2D eigenvalue weighted by Crippen LogP contribution is 2.19.